The quantitative estimate of drug-likeness (QED) is 0.299. The van der Waals surface area contributed by atoms with Gasteiger partial charge in [-0.2, -0.15) is 0 Å². The van der Waals surface area contributed by atoms with E-state index in [4.69, 9.17) is 5.73 Å². The molecule has 1 rings (SSSR count). The van der Waals surface area contributed by atoms with Gasteiger partial charge in [-0.25, -0.2) is 9.78 Å². The van der Waals surface area contributed by atoms with Crippen LogP contribution < -0.4 is 16.4 Å². The molecule has 0 saturated heterocycles. The number of carbonyl (C=O) groups is 3. The lowest BCUT2D eigenvalue weighted by atomic mass is 10.0. The fraction of sp³-hybridized carbons (Fsp3) is 0.625. The van der Waals surface area contributed by atoms with E-state index in [-0.39, 0.29) is 18.8 Å². The summed E-state index contributed by atoms with van der Waals surface area (Å²) in [5.74, 6) is -2.46. The number of rotatable bonds is 10. The minimum absolute atomic E-state index is 0.0562. The van der Waals surface area contributed by atoms with Gasteiger partial charge in [-0.3, -0.25) is 9.59 Å². The number of H-pyrrole nitrogens is 1. The Hall–Kier alpha value is -2.46. The van der Waals surface area contributed by atoms with Crippen molar-refractivity contribution in [1.29, 1.82) is 0 Å². The standard InChI is InChI=1S/C16H27N5O5/c1-8(2)4-12(16(25)26)21-14(23)11(5-10-6-18-7-19-10)20-15(24)13(17)9(3)22/h6-9,11-13,22H,4-5,17H2,1-3H3,(H,18,19)(H,20,24)(H,21,23)(H,25,26)/t9-,11+,12+,13+/m1/s1. The first kappa shape index (κ1) is 21.6. The Labute approximate surface area is 151 Å². The van der Waals surface area contributed by atoms with Gasteiger partial charge in [0.2, 0.25) is 11.8 Å². The fourth-order valence-electron chi connectivity index (χ4n) is 2.28. The van der Waals surface area contributed by atoms with Gasteiger partial charge < -0.3 is 31.6 Å². The zero-order valence-corrected chi connectivity index (χ0v) is 15.1. The number of aliphatic hydroxyl groups excluding tert-OH is 1. The molecule has 146 valence electrons. The third kappa shape index (κ3) is 6.81. The Morgan fingerprint density at radius 2 is 1.81 bits per heavy atom. The van der Waals surface area contributed by atoms with Gasteiger partial charge in [-0.15, -0.1) is 0 Å². The first-order chi connectivity index (χ1) is 12.1. The second kappa shape index (κ2) is 9.88. The second-order valence-electron chi connectivity index (χ2n) is 6.64. The van der Waals surface area contributed by atoms with E-state index in [1.54, 1.807) is 0 Å². The van der Waals surface area contributed by atoms with E-state index in [9.17, 15) is 24.6 Å². The van der Waals surface area contributed by atoms with Crippen molar-refractivity contribution in [1.82, 2.24) is 20.6 Å². The van der Waals surface area contributed by atoms with E-state index in [0.717, 1.165) is 0 Å². The molecule has 7 N–H and O–H groups in total. The van der Waals surface area contributed by atoms with Crippen LogP contribution in [0.4, 0.5) is 0 Å². The topological polar surface area (TPSA) is 170 Å². The van der Waals surface area contributed by atoms with Gasteiger partial charge in [0.1, 0.15) is 18.1 Å². The zero-order valence-electron chi connectivity index (χ0n) is 15.1. The molecule has 4 atom stereocenters. The minimum Gasteiger partial charge on any atom is -0.480 e. The monoisotopic (exact) mass is 369 g/mol. The first-order valence-corrected chi connectivity index (χ1v) is 8.36. The van der Waals surface area contributed by atoms with E-state index >= 15 is 0 Å². The Morgan fingerprint density at radius 3 is 2.27 bits per heavy atom. The van der Waals surface area contributed by atoms with Crippen LogP contribution in [0.3, 0.4) is 0 Å². The second-order valence-corrected chi connectivity index (χ2v) is 6.64. The van der Waals surface area contributed by atoms with E-state index in [1.807, 2.05) is 13.8 Å². The highest BCUT2D eigenvalue weighted by atomic mass is 16.4. The Kier molecular flexibility index (Phi) is 8.20. The molecule has 0 aliphatic rings. The third-order valence-electron chi connectivity index (χ3n) is 3.76. The largest absolute Gasteiger partial charge is 0.480 e. The number of imidazole rings is 1. The van der Waals surface area contributed by atoms with Gasteiger partial charge in [0.15, 0.2) is 0 Å². The molecule has 0 aliphatic carbocycles. The molecule has 0 unspecified atom stereocenters. The van der Waals surface area contributed by atoms with Crippen LogP contribution in [0.2, 0.25) is 0 Å². The highest BCUT2D eigenvalue weighted by Crippen LogP contribution is 2.07. The molecular formula is C16H27N5O5. The lowest BCUT2D eigenvalue weighted by Gasteiger charge is -2.24. The van der Waals surface area contributed by atoms with Gasteiger partial charge >= 0.3 is 5.97 Å². The molecule has 1 aromatic heterocycles. The number of carboxylic acids is 1. The number of nitrogens with two attached hydrogens (primary N) is 1. The molecule has 0 spiro atoms. The summed E-state index contributed by atoms with van der Waals surface area (Å²) < 4.78 is 0. The van der Waals surface area contributed by atoms with Crippen LogP contribution in [0.1, 0.15) is 32.9 Å². The lowest BCUT2D eigenvalue weighted by Crippen LogP contribution is -2.57. The van der Waals surface area contributed by atoms with Gasteiger partial charge in [0.25, 0.3) is 0 Å². The Morgan fingerprint density at radius 1 is 1.19 bits per heavy atom. The summed E-state index contributed by atoms with van der Waals surface area (Å²) in [5.41, 5.74) is 6.16. The van der Waals surface area contributed by atoms with Crippen molar-refractivity contribution in [2.24, 2.45) is 11.7 Å². The molecule has 1 aromatic rings. The summed E-state index contributed by atoms with van der Waals surface area (Å²) in [6, 6.07) is -3.35. The van der Waals surface area contributed by atoms with Crippen molar-refractivity contribution >= 4 is 17.8 Å². The molecular weight excluding hydrogens is 342 g/mol. The fourth-order valence-corrected chi connectivity index (χ4v) is 2.28. The van der Waals surface area contributed by atoms with E-state index in [0.29, 0.717) is 5.69 Å². The van der Waals surface area contributed by atoms with Gasteiger partial charge in [-0.1, -0.05) is 13.8 Å². The van der Waals surface area contributed by atoms with Crippen molar-refractivity contribution in [2.45, 2.75) is 57.8 Å². The first-order valence-electron chi connectivity index (χ1n) is 8.36. The number of hydrogen-bond donors (Lipinski definition) is 6. The predicted octanol–water partition coefficient (Wildman–Crippen LogP) is -1.24. The number of carbonyl (C=O) groups excluding carboxylic acids is 2. The predicted molar refractivity (Wildman–Crippen MR) is 92.9 cm³/mol. The summed E-state index contributed by atoms with van der Waals surface area (Å²) in [6.07, 6.45) is 2.13. The number of aromatic amines is 1. The number of aliphatic carboxylic acids is 1. The lowest BCUT2D eigenvalue weighted by molar-refractivity contribution is -0.142. The molecule has 0 fully saturated rings. The zero-order chi connectivity index (χ0) is 19.9. The summed E-state index contributed by atoms with van der Waals surface area (Å²) in [5, 5.41) is 23.6. The molecule has 0 aliphatic heterocycles. The molecule has 0 bridgehead atoms. The maximum atomic E-state index is 12.6. The molecule has 0 saturated carbocycles. The molecule has 2 amide bonds. The normalized spacial score (nSPS) is 15.8. The Bertz CT molecular complexity index is 602. The van der Waals surface area contributed by atoms with Crippen molar-refractivity contribution in [3.63, 3.8) is 0 Å². The van der Waals surface area contributed by atoms with Crippen LogP contribution in [0.25, 0.3) is 0 Å². The Balaban J connectivity index is 2.89. The summed E-state index contributed by atoms with van der Waals surface area (Å²) in [6.45, 7) is 5.04. The average molecular weight is 369 g/mol. The van der Waals surface area contributed by atoms with Crippen molar-refractivity contribution in [3.8, 4) is 0 Å². The SMILES string of the molecule is CC(C)C[C@H](NC(=O)[C@H](Cc1cnc[nH]1)NC(=O)[C@@H](N)[C@@H](C)O)C(=O)O. The number of nitrogens with zero attached hydrogens (tertiary/aromatic N) is 1. The summed E-state index contributed by atoms with van der Waals surface area (Å²) >= 11 is 0. The minimum atomic E-state index is -1.21. The number of aromatic nitrogens is 2. The van der Waals surface area contributed by atoms with Crippen LogP contribution >= 0.6 is 0 Å². The molecule has 0 radical (unpaired) electrons. The highest BCUT2D eigenvalue weighted by Gasteiger charge is 2.29. The molecule has 0 aromatic carbocycles. The van der Waals surface area contributed by atoms with E-state index < -0.39 is 42.0 Å². The molecule has 10 nitrogen and oxygen atoms in total. The smallest absolute Gasteiger partial charge is 0.326 e. The number of aliphatic hydroxyl groups is 1. The van der Waals surface area contributed by atoms with E-state index in [1.165, 1.54) is 19.4 Å². The number of nitrogens with one attached hydrogen (secondary N) is 3. The van der Waals surface area contributed by atoms with Crippen molar-refractivity contribution < 1.29 is 24.6 Å². The molecule has 26 heavy (non-hydrogen) atoms. The average Bonchev–Trinajstić information content (AvgIpc) is 3.04. The maximum absolute atomic E-state index is 12.6. The number of amides is 2. The van der Waals surface area contributed by atoms with Crippen LogP contribution in [0.5, 0.6) is 0 Å². The summed E-state index contributed by atoms with van der Waals surface area (Å²) in [7, 11) is 0. The van der Waals surface area contributed by atoms with Crippen molar-refractivity contribution in [3.05, 3.63) is 18.2 Å². The van der Waals surface area contributed by atoms with Gasteiger partial charge in [-0.05, 0) is 19.3 Å². The maximum Gasteiger partial charge on any atom is 0.326 e. The summed E-state index contributed by atoms with van der Waals surface area (Å²) in [4.78, 5) is 42.7. The van der Waals surface area contributed by atoms with Crippen LogP contribution in [0.15, 0.2) is 12.5 Å². The molecule has 10 heteroatoms. The van der Waals surface area contributed by atoms with Crippen LogP contribution in [-0.4, -0.2) is 62.2 Å². The number of hydrogen-bond acceptors (Lipinski definition) is 6. The van der Waals surface area contributed by atoms with Crippen LogP contribution in [0, 0.1) is 5.92 Å². The van der Waals surface area contributed by atoms with Gasteiger partial charge in [0, 0.05) is 18.3 Å². The highest BCUT2D eigenvalue weighted by molar-refractivity contribution is 5.92. The van der Waals surface area contributed by atoms with Crippen LogP contribution in [-0.2, 0) is 20.8 Å². The number of carboxylic acid groups (broad SMARTS) is 1. The van der Waals surface area contributed by atoms with Gasteiger partial charge in [0.05, 0.1) is 12.4 Å². The van der Waals surface area contributed by atoms with Crippen molar-refractivity contribution in [2.75, 3.05) is 0 Å². The van der Waals surface area contributed by atoms with E-state index in [2.05, 4.69) is 20.6 Å². The molecule has 1 heterocycles. The third-order valence-corrected chi connectivity index (χ3v) is 3.76.